The quantitative estimate of drug-likeness (QED) is 0.200. The average molecular weight is 572 g/mol. The lowest BCUT2D eigenvalue weighted by molar-refractivity contribution is -0.137. The Labute approximate surface area is 198 Å². The highest BCUT2D eigenvalue weighted by Crippen LogP contribution is 2.40. The van der Waals surface area contributed by atoms with Gasteiger partial charge in [0.15, 0.2) is 6.79 Å². The molecule has 0 saturated heterocycles. The van der Waals surface area contributed by atoms with Crippen LogP contribution in [-0.2, 0) is 15.7 Å². The van der Waals surface area contributed by atoms with Crippen LogP contribution in [0.25, 0.3) is 11.1 Å². The third kappa shape index (κ3) is 8.46. The smallest absolute Gasteiger partial charge is 0.416 e. The van der Waals surface area contributed by atoms with Gasteiger partial charge in [-0.2, -0.15) is 13.2 Å². The Morgan fingerprint density at radius 2 is 1.55 bits per heavy atom. The number of hydrogen-bond acceptors (Lipinski definition) is 4. The van der Waals surface area contributed by atoms with Crippen molar-refractivity contribution in [3.8, 4) is 16.9 Å². The number of methoxy groups -OCH3 is 2. The molecule has 9 heteroatoms. The van der Waals surface area contributed by atoms with Crippen molar-refractivity contribution in [3.63, 3.8) is 0 Å². The van der Waals surface area contributed by atoms with Gasteiger partial charge in [0, 0.05) is 12.7 Å². The van der Waals surface area contributed by atoms with Gasteiger partial charge in [-0.25, -0.2) is 4.79 Å². The molecule has 0 unspecified atom stereocenters. The van der Waals surface area contributed by atoms with Gasteiger partial charge in [0.2, 0.25) is 0 Å². The Balaban J connectivity index is 0.00000212. The van der Waals surface area contributed by atoms with Gasteiger partial charge < -0.3 is 14.2 Å². The first-order valence-electron chi connectivity index (χ1n) is 9.52. The lowest BCUT2D eigenvalue weighted by Crippen LogP contribution is -2.10. The highest BCUT2D eigenvalue weighted by atomic mass is 79.9. The third-order valence-electron chi connectivity index (χ3n) is 3.62. The van der Waals surface area contributed by atoms with Crippen LogP contribution >= 0.6 is 31.9 Å². The summed E-state index contributed by atoms with van der Waals surface area (Å²) >= 11 is 6.75. The topological polar surface area (TPSA) is 44.8 Å². The minimum atomic E-state index is -4.45. The lowest BCUT2D eigenvalue weighted by atomic mass is 9.95. The zero-order valence-electron chi connectivity index (χ0n) is 18.3. The number of carbonyl (C=O) groups is 1. The van der Waals surface area contributed by atoms with E-state index in [1.54, 1.807) is 12.1 Å². The molecule has 2 aromatic rings. The molecular weight excluding hydrogens is 545 g/mol. The summed E-state index contributed by atoms with van der Waals surface area (Å²) in [5.41, 5.74) is 0.801. The van der Waals surface area contributed by atoms with E-state index in [9.17, 15) is 18.0 Å². The first kappa shape index (κ1) is 29.4. The molecule has 0 radical (unpaired) electrons. The molecule has 31 heavy (non-hydrogen) atoms. The first-order chi connectivity index (χ1) is 14.7. The molecule has 2 aromatic carbocycles. The van der Waals surface area contributed by atoms with Gasteiger partial charge in [0.1, 0.15) is 11.3 Å². The lowest BCUT2D eigenvalue weighted by Gasteiger charge is -2.17. The van der Waals surface area contributed by atoms with Crippen LogP contribution in [0.1, 0.15) is 52.9 Å². The number of hydrogen-bond donors (Lipinski definition) is 0. The maximum atomic E-state index is 12.8. The highest BCUT2D eigenvalue weighted by molar-refractivity contribution is 9.24. The molecule has 174 valence electrons. The molecule has 0 atom stereocenters. The monoisotopic (exact) mass is 570 g/mol. The summed E-state index contributed by atoms with van der Waals surface area (Å²) in [5, 5.41) is 0. The van der Waals surface area contributed by atoms with E-state index in [1.807, 2.05) is 27.7 Å². The van der Waals surface area contributed by atoms with Gasteiger partial charge in [0.05, 0.1) is 16.4 Å². The Hall–Kier alpha value is -1.58. The molecule has 0 amide bonds. The summed E-state index contributed by atoms with van der Waals surface area (Å²) in [6.07, 6.45) is -4.45. The van der Waals surface area contributed by atoms with Gasteiger partial charge in [-0.15, -0.1) is 0 Å². The second-order valence-corrected chi connectivity index (χ2v) is 8.42. The highest BCUT2D eigenvalue weighted by Gasteiger charge is 2.30. The molecule has 0 saturated carbocycles. The molecule has 0 fully saturated rings. The molecule has 0 spiro atoms. The first-order valence-corrected chi connectivity index (χ1v) is 11.4. The van der Waals surface area contributed by atoms with Gasteiger partial charge in [0.25, 0.3) is 0 Å². The molecule has 0 aliphatic heterocycles. The van der Waals surface area contributed by atoms with Crippen molar-refractivity contribution in [2.75, 3.05) is 21.0 Å². The van der Waals surface area contributed by atoms with Crippen LogP contribution in [-0.4, -0.2) is 27.0 Å². The van der Waals surface area contributed by atoms with E-state index in [4.69, 9.17) is 14.2 Å². The number of alkyl halides is 5. The number of benzene rings is 2. The van der Waals surface area contributed by atoms with Crippen LogP contribution in [0, 0.1) is 0 Å². The van der Waals surface area contributed by atoms with Gasteiger partial charge >= 0.3 is 12.1 Å². The normalized spacial score (nSPS) is 10.5. The summed E-state index contributed by atoms with van der Waals surface area (Å²) in [4.78, 5) is 12.4. The van der Waals surface area contributed by atoms with E-state index in [0.29, 0.717) is 16.7 Å². The fraction of sp³-hybridized carbons (Fsp3) is 0.409. The summed E-state index contributed by atoms with van der Waals surface area (Å²) in [6.45, 7) is 7.88. The molecule has 0 aliphatic rings. The van der Waals surface area contributed by atoms with Crippen LogP contribution < -0.4 is 4.74 Å². The maximum Gasteiger partial charge on any atom is 0.416 e. The minimum Gasteiger partial charge on any atom is -0.467 e. The molecule has 0 N–H and O–H groups in total. The largest absolute Gasteiger partial charge is 0.467 e. The SMILES string of the molecule is CC.CC.COCOc1cc(C(Br)Br)cc(-c2ccc(C(F)(F)F)cc2)c1C(=O)OC. The summed E-state index contributed by atoms with van der Waals surface area (Å²) in [5.74, 6) is -0.483. The van der Waals surface area contributed by atoms with E-state index in [2.05, 4.69) is 31.9 Å². The molecular formula is C22H27Br2F3O4. The van der Waals surface area contributed by atoms with Crippen molar-refractivity contribution in [2.45, 2.75) is 37.6 Å². The molecule has 0 aromatic heterocycles. The second-order valence-electron chi connectivity index (χ2n) is 5.36. The fourth-order valence-electron chi connectivity index (χ4n) is 2.38. The molecule has 0 heterocycles. The number of esters is 1. The second kappa shape index (κ2) is 14.5. The van der Waals surface area contributed by atoms with E-state index in [0.717, 1.165) is 12.1 Å². The molecule has 2 rings (SSSR count). The van der Waals surface area contributed by atoms with Crippen molar-refractivity contribution in [2.24, 2.45) is 0 Å². The van der Waals surface area contributed by atoms with E-state index in [-0.39, 0.29) is 21.8 Å². The van der Waals surface area contributed by atoms with Crippen molar-refractivity contribution in [3.05, 3.63) is 53.1 Å². The summed E-state index contributed by atoms with van der Waals surface area (Å²) in [6, 6.07) is 7.80. The molecule has 0 aliphatic carbocycles. The number of carbonyl (C=O) groups excluding carboxylic acids is 1. The number of halogens is 5. The zero-order valence-corrected chi connectivity index (χ0v) is 21.4. The number of rotatable bonds is 6. The maximum absolute atomic E-state index is 12.8. The molecule has 0 bridgehead atoms. The van der Waals surface area contributed by atoms with Crippen LogP contribution in [0.3, 0.4) is 0 Å². The van der Waals surface area contributed by atoms with Gasteiger partial charge in [-0.1, -0.05) is 71.7 Å². The Morgan fingerprint density at radius 1 is 1.00 bits per heavy atom. The minimum absolute atomic E-state index is 0.0960. The number of ether oxygens (including phenoxy) is 3. The van der Waals surface area contributed by atoms with Crippen molar-refractivity contribution < 1.29 is 32.2 Å². The average Bonchev–Trinajstić information content (AvgIpc) is 2.78. The van der Waals surface area contributed by atoms with Crippen molar-refractivity contribution in [1.82, 2.24) is 0 Å². The van der Waals surface area contributed by atoms with Crippen LogP contribution in [0.5, 0.6) is 5.75 Å². The van der Waals surface area contributed by atoms with Crippen LogP contribution in [0.4, 0.5) is 13.2 Å². The third-order valence-corrected chi connectivity index (χ3v) is 4.68. The van der Waals surface area contributed by atoms with Crippen molar-refractivity contribution in [1.29, 1.82) is 0 Å². The predicted octanol–water partition coefficient (Wildman–Crippen LogP) is 7.98. The molecule has 4 nitrogen and oxygen atoms in total. The van der Waals surface area contributed by atoms with Crippen LogP contribution in [0.15, 0.2) is 36.4 Å². The van der Waals surface area contributed by atoms with Crippen molar-refractivity contribution >= 4 is 37.8 Å². The van der Waals surface area contributed by atoms with Gasteiger partial charge in [-0.05, 0) is 35.4 Å². The van der Waals surface area contributed by atoms with Crippen LogP contribution in [0.2, 0.25) is 0 Å². The van der Waals surface area contributed by atoms with E-state index < -0.39 is 17.7 Å². The van der Waals surface area contributed by atoms with Gasteiger partial charge in [-0.3, -0.25) is 0 Å². The standard InChI is InChI=1S/C18H15Br2F3O4.2C2H6/c1-25-9-27-14-8-11(16(19)20)7-13(15(14)17(24)26-2)10-3-5-12(6-4-10)18(21,22)23;2*1-2/h3-8,16H,9H2,1-2H3;2*1-2H3. The Morgan fingerprint density at radius 3 is 1.97 bits per heavy atom. The summed E-state index contributed by atoms with van der Waals surface area (Å²) < 4.78 is 53.5. The van der Waals surface area contributed by atoms with E-state index >= 15 is 0 Å². The Bertz CT molecular complexity index is 808. The fourth-order valence-corrected chi connectivity index (χ4v) is 2.91. The van der Waals surface area contributed by atoms with E-state index in [1.165, 1.54) is 26.4 Å². The zero-order chi connectivity index (χ0) is 24.2. The summed E-state index contributed by atoms with van der Waals surface area (Å²) in [7, 11) is 2.64. The Kier molecular flexibility index (Phi) is 13.7. The predicted molar refractivity (Wildman–Crippen MR) is 124 cm³/mol.